The summed E-state index contributed by atoms with van der Waals surface area (Å²) in [5.41, 5.74) is 0.0931. The minimum atomic E-state index is -0.614. The van der Waals surface area contributed by atoms with Gasteiger partial charge < -0.3 is 9.52 Å². The molecule has 0 aliphatic heterocycles. The molecule has 1 rings (SSSR count). The third-order valence-corrected chi connectivity index (χ3v) is 5.57. The van der Waals surface area contributed by atoms with Crippen molar-refractivity contribution in [3.63, 3.8) is 0 Å². The lowest BCUT2D eigenvalue weighted by atomic mass is 9.87. The molecule has 1 heterocycles. The summed E-state index contributed by atoms with van der Waals surface area (Å²) in [5, 5.41) is 12.0. The van der Waals surface area contributed by atoms with Gasteiger partial charge in [0, 0.05) is 11.0 Å². The Bertz CT molecular complexity index is 881. The summed E-state index contributed by atoms with van der Waals surface area (Å²) in [6, 6.07) is 1.39. The number of carbonyl (C=O) groups excluding carboxylic acids is 1. The van der Waals surface area contributed by atoms with Gasteiger partial charge in [-0.15, -0.1) is 11.8 Å². The van der Waals surface area contributed by atoms with Crippen molar-refractivity contribution in [3.05, 3.63) is 75.6 Å². The maximum atomic E-state index is 12.2. The fraction of sp³-hybridized carbons (Fsp3) is 0.273. The van der Waals surface area contributed by atoms with Crippen molar-refractivity contribution in [2.45, 2.75) is 32.6 Å². The van der Waals surface area contributed by atoms with Gasteiger partial charge in [-0.1, -0.05) is 63.9 Å². The van der Waals surface area contributed by atoms with Crippen LogP contribution in [0.15, 0.2) is 73.5 Å². The summed E-state index contributed by atoms with van der Waals surface area (Å²) in [6.45, 7) is 15.0. The fourth-order valence-corrected chi connectivity index (χ4v) is 3.57. The molecule has 0 bridgehead atoms. The lowest BCUT2D eigenvalue weighted by molar-refractivity contribution is -0.114. The number of hydrogen-bond donors (Lipinski definition) is 1. The number of thioether (sulfide) groups is 2. The van der Waals surface area contributed by atoms with Crippen LogP contribution in [0.3, 0.4) is 0 Å². The predicted molar refractivity (Wildman–Crippen MR) is 121 cm³/mol. The molecule has 0 atom stereocenters. The van der Waals surface area contributed by atoms with Gasteiger partial charge in [-0.25, -0.2) is 4.79 Å². The van der Waals surface area contributed by atoms with Crippen molar-refractivity contribution in [1.82, 2.24) is 0 Å². The smallest absolute Gasteiger partial charge is 0.354 e. The number of allylic oxidation sites excluding steroid dienone is 5. The largest absolute Gasteiger partial charge is 0.506 e. The standard InChI is InChI=1S/C22H26O4S2/c1-7-9-10-17-12-19(24)20(21(25)26-17)28-14-16(22(4,5)6)11-18(8-2)27-13-15(3)23/h7-12,14,24H,1-2,13H2,3-6H3/b10-9+,16-14-,18-11+. The second-order valence-corrected chi connectivity index (χ2v) is 8.86. The SMILES string of the molecule is C=C/C=C/c1cc(O)c(S/C=C(/C=C(\C=C)SCC(C)=O)C(C)(C)C)c(=O)o1. The molecule has 0 aliphatic carbocycles. The van der Waals surface area contributed by atoms with Crippen LogP contribution >= 0.6 is 23.5 Å². The van der Waals surface area contributed by atoms with Gasteiger partial charge >= 0.3 is 5.63 Å². The van der Waals surface area contributed by atoms with Gasteiger partial charge in [0.2, 0.25) is 0 Å². The van der Waals surface area contributed by atoms with Crippen LogP contribution in [0.4, 0.5) is 0 Å². The molecule has 6 heteroatoms. The molecular weight excluding hydrogens is 392 g/mol. The van der Waals surface area contributed by atoms with E-state index in [0.29, 0.717) is 5.75 Å². The first-order valence-electron chi connectivity index (χ1n) is 8.58. The second-order valence-electron chi connectivity index (χ2n) is 6.93. The molecule has 0 saturated heterocycles. The topological polar surface area (TPSA) is 67.5 Å². The molecule has 150 valence electrons. The zero-order valence-corrected chi connectivity index (χ0v) is 18.3. The number of Topliss-reactive ketones (excluding diaryl/α,β-unsaturated/α-hetero) is 1. The molecule has 0 saturated carbocycles. The monoisotopic (exact) mass is 418 g/mol. The summed E-state index contributed by atoms with van der Waals surface area (Å²) >= 11 is 2.51. The maximum absolute atomic E-state index is 12.2. The molecule has 28 heavy (non-hydrogen) atoms. The van der Waals surface area contributed by atoms with Crippen LogP contribution in [-0.4, -0.2) is 16.6 Å². The Kier molecular flexibility index (Phi) is 9.35. The van der Waals surface area contributed by atoms with Gasteiger partial charge in [-0.05, 0) is 35.5 Å². The van der Waals surface area contributed by atoms with E-state index in [2.05, 4.69) is 13.2 Å². The second kappa shape index (κ2) is 11.0. The molecule has 1 aromatic heterocycles. The van der Waals surface area contributed by atoms with E-state index in [1.54, 1.807) is 31.2 Å². The predicted octanol–water partition coefficient (Wildman–Crippen LogP) is 5.96. The number of rotatable bonds is 9. The number of aromatic hydroxyl groups is 1. The Labute approximate surface area is 174 Å². The van der Waals surface area contributed by atoms with Crippen LogP contribution in [-0.2, 0) is 4.79 Å². The van der Waals surface area contributed by atoms with E-state index in [-0.39, 0.29) is 27.6 Å². The summed E-state index contributed by atoms with van der Waals surface area (Å²) in [5.74, 6) is 0.558. The van der Waals surface area contributed by atoms with Gasteiger partial charge in [-0.3, -0.25) is 4.79 Å². The quantitative estimate of drug-likeness (QED) is 0.394. The molecule has 0 aliphatic rings. The van der Waals surface area contributed by atoms with Crippen molar-refractivity contribution in [3.8, 4) is 5.75 Å². The van der Waals surface area contributed by atoms with Crippen molar-refractivity contribution in [1.29, 1.82) is 0 Å². The zero-order valence-electron chi connectivity index (χ0n) is 16.7. The number of carbonyl (C=O) groups is 1. The Morgan fingerprint density at radius 1 is 1.32 bits per heavy atom. The molecule has 0 amide bonds. The van der Waals surface area contributed by atoms with E-state index < -0.39 is 5.63 Å². The van der Waals surface area contributed by atoms with Crippen molar-refractivity contribution in [2.24, 2.45) is 5.41 Å². The molecule has 0 spiro atoms. The molecule has 1 aromatic rings. The Hall–Kier alpha value is -2.18. The van der Waals surface area contributed by atoms with E-state index >= 15 is 0 Å². The van der Waals surface area contributed by atoms with E-state index in [0.717, 1.165) is 22.2 Å². The minimum absolute atomic E-state index is 0.0848. The van der Waals surface area contributed by atoms with E-state index in [4.69, 9.17) is 4.42 Å². The lowest BCUT2D eigenvalue weighted by Crippen LogP contribution is -2.08. The van der Waals surface area contributed by atoms with Crippen LogP contribution in [0.1, 0.15) is 33.5 Å². The maximum Gasteiger partial charge on any atom is 0.354 e. The van der Waals surface area contributed by atoms with Gasteiger partial charge in [-0.2, -0.15) is 0 Å². The van der Waals surface area contributed by atoms with Crippen molar-refractivity contribution < 1.29 is 14.3 Å². The van der Waals surface area contributed by atoms with Crippen LogP contribution in [0, 0.1) is 5.41 Å². The first-order chi connectivity index (χ1) is 13.1. The third kappa shape index (κ3) is 7.82. The molecule has 1 N–H and O–H groups in total. The van der Waals surface area contributed by atoms with Crippen LogP contribution in [0.25, 0.3) is 6.08 Å². The Morgan fingerprint density at radius 3 is 2.50 bits per heavy atom. The van der Waals surface area contributed by atoms with E-state index in [1.165, 1.54) is 17.8 Å². The van der Waals surface area contributed by atoms with Crippen molar-refractivity contribution in [2.75, 3.05) is 5.75 Å². The van der Waals surface area contributed by atoms with Crippen molar-refractivity contribution >= 4 is 35.4 Å². The number of hydrogen-bond acceptors (Lipinski definition) is 6. The van der Waals surface area contributed by atoms with Crippen LogP contribution < -0.4 is 5.63 Å². The van der Waals surface area contributed by atoms with Gasteiger partial charge in [0.25, 0.3) is 0 Å². The molecule has 0 fully saturated rings. The average Bonchev–Trinajstić information content (AvgIpc) is 2.59. The van der Waals surface area contributed by atoms with Gasteiger partial charge in [0.05, 0.1) is 5.75 Å². The highest BCUT2D eigenvalue weighted by molar-refractivity contribution is 8.04. The van der Waals surface area contributed by atoms with Gasteiger partial charge in [0.1, 0.15) is 22.2 Å². The summed E-state index contributed by atoms with van der Waals surface area (Å²) < 4.78 is 5.20. The summed E-state index contributed by atoms with van der Waals surface area (Å²) in [4.78, 5) is 24.4. The summed E-state index contributed by atoms with van der Waals surface area (Å²) in [7, 11) is 0. The highest BCUT2D eigenvalue weighted by atomic mass is 32.2. The highest BCUT2D eigenvalue weighted by Gasteiger charge is 2.17. The Morgan fingerprint density at radius 2 is 2.00 bits per heavy atom. The third-order valence-electron chi connectivity index (χ3n) is 3.41. The highest BCUT2D eigenvalue weighted by Crippen LogP contribution is 2.35. The Balaban J connectivity index is 3.23. The lowest BCUT2D eigenvalue weighted by Gasteiger charge is -2.21. The summed E-state index contributed by atoms with van der Waals surface area (Å²) in [6.07, 6.45) is 8.34. The number of ketones is 1. The molecule has 0 unspecified atom stereocenters. The normalized spacial score (nSPS) is 13.0. The first-order valence-corrected chi connectivity index (χ1v) is 10.4. The average molecular weight is 419 g/mol. The molecule has 0 radical (unpaired) electrons. The zero-order chi connectivity index (χ0) is 21.3. The van der Waals surface area contributed by atoms with E-state index in [9.17, 15) is 14.7 Å². The van der Waals surface area contributed by atoms with Gasteiger partial charge in [0.15, 0.2) is 0 Å². The molecular formula is C22H26O4S2. The minimum Gasteiger partial charge on any atom is -0.506 e. The van der Waals surface area contributed by atoms with Crippen LogP contribution in [0.2, 0.25) is 0 Å². The fourth-order valence-electron chi connectivity index (χ4n) is 1.89. The first kappa shape index (κ1) is 23.9. The molecule has 4 nitrogen and oxygen atoms in total. The van der Waals surface area contributed by atoms with E-state index in [1.807, 2.05) is 32.3 Å². The van der Waals surface area contributed by atoms with Crippen LogP contribution in [0.5, 0.6) is 5.75 Å². The molecule has 0 aromatic carbocycles.